The summed E-state index contributed by atoms with van der Waals surface area (Å²) in [6.45, 7) is 14.1. The molecule has 0 aliphatic heterocycles. The fourth-order valence-electron chi connectivity index (χ4n) is 2.96. The second kappa shape index (κ2) is 25.8. The summed E-state index contributed by atoms with van der Waals surface area (Å²) in [4.78, 5) is 48.4. The highest BCUT2D eigenvalue weighted by molar-refractivity contribution is 5.92. The molecule has 41 heavy (non-hydrogen) atoms. The number of carbonyl (C=O) groups is 4. The van der Waals surface area contributed by atoms with Crippen molar-refractivity contribution in [1.82, 2.24) is 15.6 Å². The first-order valence-electron chi connectivity index (χ1n) is 14.6. The summed E-state index contributed by atoms with van der Waals surface area (Å²) in [5, 5.41) is 16.9. The average molecular weight is 575 g/mol. The minimum Gasteiger partial charge on any atom is -0.390 e. The molecule has 9 nitrogen and oxygen atoms in total. The Labute approximate surface area is 247 Å². The summed E-state index contributed by atoms with van der Waals surface area (Å²) in [5.41, 5.74) is 2.34. The zero-order valence-corrected chi connectivity index (χ0v) is 26.5. The first-order chi connectivity index (χ1) is 19.5. The Morgan fingerprint density at radius 2 is 1.71 bits per heavy atom. The van der Waals surface area contributed by atoms with E-state index in [0.29, 0.717) is 17.8 Å². The number of hydrogen-bond donors (Lipinski definition) is 4. The molecule has 0 saturated carbocycles. The fourth-order valence-corrected chi connectivity index (χ4v) is 2.96. The van der Waals surface area contributed by atoms with Crippen LogP contribution in [0.4, 0.5) is 5.69 Å². The lowest BCUT2D eigenvalue weighted by molar-refractivity contribution is -0.124. The first kappa shape index (κ1) is 40.0. The van der Waals surface area contributed by atoms with Gasteiger partial charge < -0.3 is 25.9 Å². The quantitative estimate of drug-likeness (QED) is 0.0927. The van der Waals surface area contributed by atoms with Gasteiger partial charge in [-0.15, -0.1) is 0 Å². The first-order valence-corrected chi connectivity index (χ1v) is 14.6. The molecule has 0 spiro atoms. The number of aliphatic hydroxyl groups is 1. The van der Waals surface area contributed by atoms with Gasteiger partial charge >= 0.3 is 0 Å². The number of likely N-dealkylation sites (N-methyl/N-ethyl adjacent to an activating group) is 1. The molecule has 4 N–H and O–H groups in total. The topological polar surface area (TPSA) is 137 Å². The Balaban J connectivity index is 0. The number of amides is 2. The van der Waals surface area contributed by atoms with Gasteiger partial charge in [-0.05, 0) is 57.9 Å². The standard InChI is InChI=1S/C12H23NO2.C11H18O.C9H13N3O2/c1-4-5-6-7-8-12(15)13-11(9-14)10(2)3;1-5-9(3)7-8-11(12)10(4)6-2;1-10-5-9(14)12-7-2-3-8(6-13)11-4-7/h9-11H,4-8H2,1-3H3,(H,13,15);5,7-8,10H,6H2,1-4H3;2-4,10,13H,5-6H2,1H3,(H,12,14)/b;8-7-,9-5?;. The molecular formula is C32H54N4O5. The summed E-state index contributed by atoms with van der Waals surface area (Å²) in [6.07, 6.45) is 13.7. The highest BCUT2D eigenvalue weighted by atomic mass is 16.3. The van der Waals surface area contributed by atoms with E-state index in [4.69, 9.17) is 5.11 Å². The highest BCUT2D eigenvalue weighted by Gasteiger charge is 2.14. The summed E-state index contributed by atoms with van der Waals surface area (Å²) in [7, 11) is 1.70. The van der Waals surface area contributed by atoms with Gasteiger partial charge in [-0.2, -0.15) is 0 Å². The summed E-state index contributed by atoms with van der Waals surface area (Å²) < 4.78 is 0. The highest BCUT2D eigenvalue weighted by Crippen LogP contribution is 2.06. The zero-order chi connectivity index (χ0) is 31.6. The van der Waals surface area contributed by atoms with Crippen LogP contribution in [0.5, 0.6) is 0 Å². The Hall–Kier alpha value is -3.17. The number of ketones is 1. The third-order valence-corrected chi connectivity index (χ3v) is 6.12. The van der Waals surface area contributed by atoms with E-state index < -0.39 is 0 Å². The fraction of sp³-hybridized carbons (Fsp3) is 0.594. The number of nitrogens with zero attached hydrogens (tertiary/aromatic N) is 1. The minimum absolute atomic E-state index is 0.00287. The number of anilines is 1. The molecule has 2 unspecified atom stereocenters. The van der Waals surface area contributed by atoms with Gasteiger partial charge in [-0.1, -0.05) is 71.6 Å². The van der Waals surface area contributed by atoms with Gasteiger partial charge in [-0.3, -0.25) is 19.4 Å². The number of hydrogen-bond acceptors (Lipinski definition) is 7. The average Bonchev–Trinajstić information content (AvgIpc) is 2.97. The Kier molecular flexibility index (Phi) is 25.1. The third-order valence-electron chi connectivity index (χ3n) is 6.12. The van der Waals surface area contributed by atoms with Crippen LogP contribution < -0.4 is 16.0 Å². The van der Waals surface area contributed by atoms with E-state index >= 15 is 0 Å². The molecule has 0 aliphatic rings. The van der Waals surface area contributed by atoms with Gasteiger partial charge in [-0.25, -0.2) is 0 Å². The van der Waals surface area contributed by atoms with Crippen molar-refractivity contribution in [1.29, 1.82) is 0 Å². The molecule has 1 aromatic rings. The van der Waals surface area contributed by atoms with Gasteiger partial charge in [0.05, 0.1) is 36.8 Å². The number of aldehydes is 1. The molecule has 0 bridgehead atoms. The summed E-state index contributed by atoms with van der Waals surface area (Å²) in [5.74, 6) is 0.426. The van der Waals surface area contributed by atoms with Crippen LogP contribution >= 0.6 is 0 Å². The van der Waals surface area contributed by atoms with Crippen LogP contribution in [-0.2, 0) is 25.8 Å². The van der Waals surface area contributed by atoms with Crippen molar-refractivity contribution in [2.45, 2.75) is 99.6 Å². The molecule has 1 heterocycles. The number of aliphatic hydroxyl groups excluding tert-OH is 1. The Bertz CT molecular complexity index is 927. The minimum atomic E-state index is -0.330. The van der Waals surface area contributed by atoms with E-state index in [1.165, 1.54) is 19.0 Å². The molecule has 0 aliphatic carbocycles. The smallest absolute Gasteiger partial charge is 0.238 e. The largest absolute Gasteiger partial charge is 0.390 e. The van der Waals surface area contributed by atoms with Crippen molar-refractivity contribution in [3.63, 3.8) is 0 Å². The lowest BCUT2D eigenvalue weighted by Crippen LogP contribution is -2.39. The second-order valence-electron chi connectivity index (χ2n) is 10.1. The van der Waals surface area contributed by atoms with Crippen molar-refractivity contribution in [3.8, 4) is 0 Å². The second-order valence-corrected chi connectivity index (χ2v) is 10.1. The monoisotopic (exact) mass is 574 g/mol. The summed E-state index contributed by atoms with van der Waals surface area (Å²) in [6, 6.07) is 3.03. The van der Waals surface area contributed by atoms with Crippen LogP contribution in [-0.4, -0.2) is 53.6 Å². The molecule has 0 aromatic carbocycles. The number of unbranched alkanes of at least 4 members (excludes halogenated alkanes) is 3. The zero-order valence-electron chi connectivity index (χ0n) is 26.5. The molecule has 1 aromatic heterocycles. The predicted molar refractivity (Wildman–Crippen MR) is 167 cm³/mol. The molecule has 0 saturated heterocycles. The predicted octanol–water partition coefficient (Wildman–Crippen LogP) is 5.15. The molecule has 0 fully saturated rings. The van der Waals surface area contributed by atoms with Crippen LogP contribution in [0.25, 0.3) is 0 Å². The maximum atomic E-state index is 11.4. The van der Waals surface area contributed by atoms with E-state index in [2.05, 4.69) is 27.9 Å². The van der Waals surface area contributed by atoms with Crippen LogP contribution in [0, 0.1) is 11.8 Å². The number of carbonyl (C=O) groups excluding carboxylic acids is 4. The molecule has 1 rings (SSSR count). The van der Waals surface area contributed by atoms with Gasteiger partial charge in [0.25, 0.3) is 0 Å². The lowest BCUT2D eigenvalue weighted by Gasteiger charge is -2.15. The molecule has 9 heteroatoms. The number of nitrogens with one attached hydrogen (secondary N) is 3. The number of aromatic nitrogens is 1. The number of rotatable bonds is 16. The normalized spacial score (nSPS) is 12.4. The maximum absolute atomic E-state index is 11.4. The molecule has 232 valence electrons. The summed E-state index contributed by atoms with van der Waals surface area (Å²) >= 11 is 0. The van der Waals surface area contributed by atoms with Crippen LogP contribution in [0.3, 0.4) is 0 Å². The van der Waals surface area contributed by atoms with Crippen LogP contribution in [0.1, 0.15) is 92.7 Å². The van der Waals surface area contributed by atoms with Gasteiger partial charge in [0.1, 0.15) is 6.29 Å². The number of pyridine rings is 1. The molecule has 0 radical (unpaired) electrons. The van der Waals surface area contributed by atoms with E-state index in [1.54, 1.807) is 25.3 Å². The van der Waals surface area contributed by atoms with Gasteiger partial charge in [0.15, 0.2) is 5.78 Å². The van der Waals surface area contributed by atoms with Crippen molar-refractivity contribution in [2.75, 3.05) is 18.9 Å². The van der Waals surface area contributed by atoms with E-state index in [1.807, 2.05) is 53.7 Å². The van der Waals surface area contributed by atoms with Crippen molar-refractivity contribution in [2.24, 2.45) is 11.8 Å². The van der Waals surface area contributed by atoms with Crippen molar-refractivity contribution < 1.29 is 24.3 Å². The Morgan fingerprint density at radius 1 is 1.02 bits per heavy atom. The molecule has 2 amide bonds. The van der Waals surface area contributed by atoms with Crippen LogP contribution in [0.15, 0.2) is 42.1 Å². The lowest BCUT2D eigenvalue weighted by atomic mass is 10.0. The van der Waals surface area contributed by atoms with Crippen LogP contribution in [0.2, 0.25) is 0 Å². The van der Waals surface area contributed by atoms with E-state index in [9.17, 15) is 19.2 Å². The number of allylic oxidation sites excluding steroid dienone is 4. The SMILES string of the molecule is CC=C(C)/C=C\C(=O)C(C)CC.CCCCCCC(=O)NC(C=O)C(C)C.CNCC(=O)Nc1ccc(CO)nc1. The van der Waals surface area contributed by atoms with E-state index in [0.717, 1.165) is 31.1 Å². The van der Waals surface area contributed by atoms with Crippen molar-refractivity contribution in [3.05, 3.63) is 47.8 Å². The van der Waals surface area contributed by atoms with E-state index in [-0.39, 0.29) is 48.6 Å². The molecular weight excluding hydrogens is 520 g/mol. The Morgan fingerprint density at radius 3 is 2.17 bits per heavy atom. The van der Waals surface area contributed by atoms with Gasteiger partial charge in [0, 0.05) is 12.3 Å². The molecule has 2 atom stereocenters. The van der Waals surface area contributed by atoms with Crippen molar-refractivity contribution >= 4 is 29.6 Å². The van der Waals surface area contributed by atoms with Gasteiger partial charge in [0.2, 0.25) is 11.8 Å². The maximum Gasteiger partial charge on any atom is 0.238 e. The third kappa shape index (κ3) is 22.2.